The third kappa shape index (κ3) is 3.57. The minimum Gasteiger partial charge on any atom is -0.449 e. The number of rotatable bonds is 4. The Bertz CT molecular complexity index is 1260. The first-order valence-electron chi connectivity index (χ1n) is 13.8. The van der Waals surface area contributed by atoms with Gasteiger partial charge in [-0.05, 0) is 49.4 Å². The highest BCUT2D eigenvalue weighted by atomic mass is 16.6. The molecule has 2 aromatic carbocycles. The average molecular weight is 500 g/mol. The number of carbonyl (C=O) groups excluding carboxylic acids is 3. The fraction of sp³-hybridized carbons (Fsp3) is 0.500. The summed E-state index contributed by atoms with van der Waals surface area (Å²) in [5, 5.41) is 0. The van der Waals surface area contributed by atoms with Gasteiger partial charge in [0.05, 0.1) is 17.5 Å². The number of amides is 2. The molecule has 0 radical (unpaired) electrons. The van der Waals surface area contributed by atoms with Crippen LogP contribution in [0, 0.1) is 5.92 Å². The smallest absolute Gasteiger partial charge is 0.339 e. The molecule has 5 aliphatic rings. The van der Waals surface area contributed by atoms with Gasteiger partial charge in [0.15, 0.2) is 5.60 Å². The van der Waals surface area contributed by atoms with E-state index in [0.29, 0.717) is 31.0 Å². The summed E-state index contributed by atoms with van der Waals surface area (Å²) in [6.45, 7) is 4.28. The fourth-order valence-electron chi connectivity index (χ4n) is 6.83. The van der Waals surface area contributed by atoms with Crippen molar-refractivity contribution in [2.45, 2.75) is 49.5 Å². The van der Waals surface area contributed by atoms with Crippen molar-refractivity contribution in [3.63, 3.8) is 0 Å². The number of esters is 1. The van der Waals surface area contributed by atoms with Crippen molar-refractivity contribution >= 4 is 23.5 Å². The van der Waals surface area contributed by atoms with E-state index in [4.69, 9.17) is 4.74 Å². The van der Waals surface area contributed by atoms with Crippen LogP contribution >= 0.6 is 0 Å². The van der Waals surface area contributed by atoms with Crippen LogP contribution in [0.1, 0.15) is 60.0 Å². The molecule has 2 aromatic rings. The second-order valence-electron chi connectivity index (χ2n) is 11.5. The third-order valence-electron chi connectivity index (χ3n) is 9.36. The van der Waals surface area contributed by atoms with Gasteiger partial charge >= 0.3 is 5.97 Å². The zero-order chi connectivity index (χ0) is 25.2. The Morgan fingerprint density at radius 2 is 1.57 bits per heavy atom. The molecule has 0 bridgehead atoms. The lowest BCUT2D eigenvalue weighted by Crippen LogP contribution is -2.51. The van der Waals surface area contributed by atoms with Gasteiger partial charge in [0.1, 0.15) is 0 Å². The molecule has 0 unspecified atom stereocenters. The van der Waals surface area contributed by atoms with Crippen LogP contribution in [0.25, 0.3) is 0 Å². The standard InChI is InChI=1S/C30H33N3O4/c34-26(21-6-7-21)32-18-16-31(17-19-32)23-10-8-22(9-11-23)29(12-3-13-29)28(36)33-15-14-30(20-33)25-5-2-1-4-24(25)27(35)37-30/h1-2,4-5,8-11,21H,3,6-7,12-20H2/t30-/m0/s1. The lowest BCUT2D eigenvalue weighted by atomic mass is 9.63. The molecule has 2 aliphatic carbocycles. The molecule has 4 fully saturated rings. The zero-order valence-electron chi connectivity index (χ0n) is 21.2. The van der Waals surface area contributed by atoms with Gasteiger partial charge in [-0.2, -0.15) is 0 Å². The van der Waals surface area contributed by atoms with Crippen LogP contribution in [0.15, 0.2) is 48.5 Å². The number of benzene rings is 2. The molecule has 37 heavy (non-hydrogen) atoms. The van der Waals surface area contributed by atoms with Crippen LogP contribution in [0.3, 0.4) is 0 Å². The van der Waals surface area contributed by atoms with E-state index in [0.717, 1.165) is 75.1 Å². The molecule has 0 N–H and O–H groups in total. The summed E-state index contributed by atoms with van der Waals surface area (Å²) in [5.41, 5.74) is 2.59. The van der Waals surface area contributed by atoms with E-state index in [2.05, 4.69) is 29.2 Å². The summed E-state index contributed by atoms with van der Waals surface area (Å²) in [5.74, 6) is 0.496. The molecule has 0 aromatic heterocycles. The van der Waals surface area contributed by atoms with Gasteiger partial charge in [-0.15, -0.1) is 0 Å². The summed E-state index contributed by atoms with van der Waals surface area (Å²) < 4.78 is 5.89. The lowest BCUT2D eigenvalue weighted by molar-refractivity contribution is -0.141. The Hall–Kier alpha value is -3.35. The highest BCUT2D eigenvalue weighted by molar-refractivity contribution is 5.95. The first-order valence-corrected chi connectivity index (χ1v) is 13.8. The monoisotopic (exact) mass is 499 g/mol. The Labute approximate surface area is 217 Å². The van der Waals surface area contributed by atoms with Crippen molar-refractivity contribution in [3.8, 4) is 0 Å². The number of hydrogen-bond acceptors (Lipinski definition) is 5. The number of piperazine rings is 1. The van der Waals surface area contributed by atoms with E-state index >= 15 is 0 Å². The summed E-state index contributed by atoms with van der Waals surface area (Å²) in [4.78, 5) is 45.1. The zero-order valence-corrected chi connectivity index (χ0v) is 21.2. The second kappa shape index (κ2) is 8.33. The molecule has 3 heterocycles. The summed E-state index contributed by atoms with van der Waals surface area (Å²) >= 11 is 0. The van der Waals surface area contributed by atoms with Crippen LogP contribution in [-0.4, -0.2) is 66.9 Å². The van der Waals surface area contributed by atoms with E-state index in [1.54, 1.807) is 0 Å². The largest absolute Gasteiger partial charge is 0.449 e. The number of ether oxygens (including phenoxy) is 1. The van der Waals surface area contributed by atoms with Crippen LogP contribution in [0.5, 0.6) is 0 Å². The number of anilines is 1. The summed E-state index contributed by atoms with van der Waals surface area (Å²) in [6, 6.07) is 16.1. The molecule has 7 heteroatoms. The number of hydrogen-bond donors (Lipinski definition) is 0. The minimum atomic E-state index is -0.707. The predicted octanol–water partition coefficient (Wildman–Crippen LogP) is 3.47. The van der Waals surface area contributed by atoms with Gasteiger partial charge in [0, 0.05) is 56.3 Å². The quantitative estimate of drug-likeness (QED) is 0.603. The minimum absolute atomic E-state index is 0.163. The molecule has 3 aliphatic heterocycles. The van der Waals surface area contributed by atoms with Crippen LogP contribution in [-0.2, 0) is 25.3 Å². The maximum absolute atomic E-state index is 14.0. The highest BCUT2D eigenvalue weighted by Crippen LogP contribution is 2.49. The van der Waals surface area contributed by atoms with Crippen LogP contribution in [0.2, 0.25) is 0 Å². The maximum atomic E-state index is 14.0. The number of fused-ring (bicyclic) bond motifs is 2. The van der Waals surface area contributed by atoms with E-state index in [9.17, 15) is 14.4 Å². The summed E-state index contributed by atoms with van der Waals surface area (Å²) in [7, 11) is 0. The molecular weight excluding hydrogens is 466 g/mol. The molecule has 2 saturated carbocycles. The molecule has 192 valence electrons. The van der Waals surface area contributed by atoms with Gasteiger partial charge in [-0.3, -0.25) is 9.59 Å². The fourth-order valence-corrected chi connectivity index (χ4v) is 6.83. The second-order valence-corrected chi connectivity index (χ2v) is 11.5. The number of nitrogens with zero attached hydrogens (tertiary/aromatic N) is 3. The SMILES string of the molecule is O=C1O[C@]2(CCN(C(=O)C3(c4ccc(N5CCN(C(=O)C6CC6)CC5)cc4)CCC3)C2)c2ccccc21. The molecule has 1 spiro atoms. The van der Waals surface area contributed by atoms with Gasteiger partial charge in [-0.25, -0.2) is 4.79 Å². The first kappa shape index (κ1) is 22.8. The van der Waals surface area contributed by atoms with Crippen molar-refractivity contribution in [1.82, 2.24) is 9.80 Å². The molecule has 7 rings (SSSR count). The number of carbonyl (C=O) groups is 3. The predicted molar refractivity (Wildman–Crippen MR) is 138 cm³/mol. The molecule has 1 atom stereocenters. The lowest BCUT2D eigenvalue weighted by Gasteiger charge is -2.43. The molecule has 7 nitrogen and oxygen atoms in total. The topological polar surface area (TPSA) is 70.2 Å². The maximum Gasteiger partial charge on any atom is 0.339 e. The van der Waals surface area contributed by atoms with Crippen LogP contribution < -0.4 is 4.90 Å². The van der Waals surface area contributed by atoms with Crippen molar-refractivity contribution < 1.29 is 19.1 Å². The first-order chi connectivity index (χ1) is 18.0. The highest BCUT2D eigenvalue weighted by Gasteiger charge is 2.55. The van der Waals surface area contributed by atoms with E-state index in [1.165, 1.54) is 0 Å². The van der Waals surface area contributed by atoms with Gasteiger partial charge in [0.25, 0.3) is 0 Å². The van der Waals surface area contributed by atoms with E-state index in [1.807, 2.05) is 34.1 Å². The van der Waals surface area contributed by atoms with Crippen molar-refractivity contribution in [2.75, 3.05) is 44.2 Å². The van der Waals surface area contributed by atoms with Crippen molar-refractivity contribution in [2.24, 2.45) is 5.92 Å². The molecule has 2 amide bonds. The van der Waals surface area contributed by atoms with E-state index in [-0.39, 0.29) is 17.8 Å². The molecular formula is C30H33N3O4. The van der Waals surface area contributed by atoms with Crippen molar-refractivity contribution in [1.29, 1.82) is 0 Å². The summed E-state index contributed by atoms with van der Waals surface area (Å²) in [6.07, 6.45) is 5.50. The number of likely N-dealkylation sites (tertiary alicyclic amines) is 1. The Kier molecular flexibility index (Phi) is 5.14. The van der Waals surface area contributed by atoms with Gasteiger partial charge in [0.2, 0.25) is 11.8 Å². The van der Waals surface area contributed by atoms with Crippen LogP contribution in [0.4, 0.5) is 5.69 Å². The Balaban J connectivity index is 1.05. The third-order valence-corrected chi connectivity index (χ3v) is 9.36. The van der Waals surface area contributed by atoms with Crippen molar-refractivity contribution in [3.05, 3.63) is 65.2 Å². The van der Waals surface area contributed by atoms with Gasteiger partial charge in [-0.1, -0.05) is 36.8 Å². The Morgan fingerprint density at radius 3 is 2.24 bits per heavy atom. The average Bonchev–Trinajstić information content (AvgIpc) is 3.62. The Morgan fingerprint density at radius 1 is 0.838 bits per heavy atom. The molecule has 2 saturated heterocycles. The normalized spacial score (nSPS) is 26.2. The van der Waals surface area contributed by atoms with E-state index < -0.39 is 11.0 Å². The van der Waals surface area contributed by atoms with Gasteiger partial charge < -0.3 is 19.4 Å².